The summed E-state index contributed by atoms with van der Waals surface area (Å²) in [4.78, 5) is 33.5. The smallest absolute Gasteiger partial charge is 0.277 e. The number of aliphatic hydroxyl groups excluding tert-OH is 1. The molecule has 2 aromatic carbocycles. The Labute approximate surface area is 190 Å². The molecule has 1 aliphatic rings. The van der Waals surface area contributed by atoms with Gasteiger partial charge in [0, 0.05) is 24.1 Å². The summed E-state index contributed by atoms with van der Waals surface area (Å²) in [5, 5.41) is 10.8. The predicted molar refractivity (Wildman–Crippen MR) is 128 cm³/mol. The number of fused-ring (bicyclic) bond motifs is 1. The average Bonchev–Trinajstić information content (AvgIpc) is 2.91. The number of nitrogens with two attached hydrogens (primary N) is 1. The molecule has 1 amide bonds. The molecular formula is C26H33N3O3. The number of rotatable bonds is 9. The second-order valence-electron chi connectivity index (χ2n) is 8.44. The zero-order chi connectivity index (χ0) is 23.3. The molecule has 3 atom stereocenters. The van der Waals surface area contributed by atoms with Gasteiger partial charge in [-0.1, -0.05) is 81.6 Å². The number of aliphatic hydroxyl groups is 1. The zero-order valence-corrected chi connectivity index (χ0v) is 19.1. The maximum absolute atomic E-state index is 13.8. The molecule has 0 bridgehead atoms. The normalized spacial score (nSPS) is 20.2. The molecule has 2 aromatic rings. The molecular weight excluding hydrogens is 402 g/mol. The van der Waals surface area contributed by atoms with Gasteiger partial charge in [0.2, 0.25) is 5.66 Å². The second kappa shape index (κ2) is 10.2. The first kappa shape index (κ1) is 23.8. The molecule has 0 saturated heterocycles. The Morgan fingerprint density at radius 1 is 1.06 bits per heavy atom. The lowest BCUT2D eigenvalue weighted by atomic mass is 9.83. The van der Waals surface area contributed by atoms with E-state index in [1.165, 1.54) is 4.90 Å². The number of unbranched alkanes of at least 4 members (excludes halogenated alkanes) is 1. The van der Waals surface area contributed by atoms with Gasteiger partial charge in [-0.2, -0.15) is 0 Å². The van der Waals surface area contributed by atoms with Gasteiger partial charge in [0.25, 0.3) is 5.91 Å². The Kier molecular flexibility index (Phi) is 7.59. The fourth-order valence-electron chi connectivity index (χ4n) is 4.30. The lowest BCUT2D eigenvalue weighted by molar-refractivity contribution is -0.139. The predicted octanol–water partition coefficient (Wildman–Crippen LogP) is 3.69. The van der Waals surface area contributed by atoms with Gasteiger partial charge in [-0.3, -0.25) is 15.3 Å². The SMILES string of the molecule is CCCC[C@H](O)[C@@H](CCC)C(=O)[C@]1(N)N=C(c2ccccc2)c2ccccc2N(C)C1=O. The highest BCUT2D eigenvalue weighted by Gasteiger charge is 2.50. The lowest BCUT2D eigenvalue weighted by Gasteiger charge is -2.31. The minimum atomic E-state index is -2.12. The molecule has 0 spiro atoms. The van der Waals surface area contributed by atoms with E-state index in [0.29, 0.717) is 30.7 Å². The largest absolute Gasteiger partial charge is 0.392 e. The van der Waals surface area contributed by atoms with E-state index in [-0.39, 0.29) is 0 Å². The minimum Gasteiger partial charge on any atom is -0.392 e. The topological polar surface area (TPSA) is 96.0 Å². The summed E-state index contributed by atoms with van der Waals surface area (Å²) in [6, 6.07) is 16.8. The van der Waals surface area contributed by atoms with Crippen molar-refractivity contribution in [2.75, 3.05) is 11.9 Å². The van der Waals surface area contributed by atoms with Crippen molar-refractivity contribution >= 4 is 23.1 Å². The van der Waals surface area contributed by atoms with Crippen LogP contribution in [0.25, 0.3) is 0 Å². The number of hydrogen-bond donors (Lipinski definition) is 2. The molecule has 0 saturated carbocycles. The summed E-state index contributed by atoms with van der Waals surface area (Å²) < 4.78 is 0. The van der Waals surface area contributed by atoms with Crippen LogP contribution in [0.4, 0.5) is 5.69 Å². The van der Waals surface area contributed by atoms with Gasteiger partial charge in [-0.15, -0.1) is 0 Å². The summed E-state index contributed by atoms with van der Waals surface area (Å²) in [5.74, 6) is -1.87. The second-order valence-corrected chi connectivity index (χ2v) is 8.44. The number of para-hydroxylation sites is 1. The van der Waals surface area contributed by atoms with Crippen molar-refractivity contribution in [3.63, 3.8) is 0 Å². The molecule has 0 unspecified atom stereocenters. The van der Waals surface area contributed by atoms with Gasteiger partial charge >= 0.3 is 0 Å². The highest BCUT2D eigenvalue weighted by Crippen LogP contribution is 2.32. The van der Waals surface area contributed by atoms with Crippen LogP contribution in [-0.2, 0) is 9.59 Å². The molecule has 0 aliphatic carbocycles. The van der Waals surface area contributed by atoms with Crippen LogP contribution in [0.3, 0.4) is 0 Å². The van der Waals surface area contributed by atoms with Crippen LogP contribution in [0.2, 0.25) is 0 Å². The number of hydrogen-bond acceptors (Lipinski definition) is 5. The number of likely N-dealkylation sites (N-methyl/N-ethyl adjacent to an activating group) is 1. The van der Waals surface area contributed by atoms with Gasteiger partial charge < -0.3 is 10.0 Å². The lowest BCUT2D eigenvalue weighted by Crippen LogP contribution is -2.61. The van der Waals surface area contributed by atoms with E-state index in [9.17, 15) is 14.7 Å². The first-order valence-corrected chi connectivity index (χ1v) is 11.4. The fourth-order valence-corrected chi connectivity index (χ4v) is 4.30. The summed E-state index contributed by atoms with van der Waals surface area (Å²) in [6.07, 6.45) is 2.47. The molecule has 6 heteroatoms. The Bertz CT molecular complexity index is 989. The van der Waals surface area contributed by atoms with Crippen LogP contribution < -0.4 is 10.6 Å². The van der Waals surface area contributed by atoms with Crippen molar-refractivity contribution in [1.82, 2.24) is 0 Å². The number of Topliss-reactive ketones (excluding diaryl/α,β-unsaturated/α-hetero) is 1. The Hall–Kier alpha value is -2.83. The molecule has 1 heterocycles. The highest BCUT2D eigenvalue weighted by molar-refractivity contribution is 6.26. The van der Waals surface area contributed by atoms with Crippen LogP contribution in [0.15, 0.2) is 59.6 Å². The number of aliphatic imine (C=N–C) groups is 1. The maximum atomic E-state index is 13.8. The van der Waals surface area contributed by atoms with Gasteiger partial charge in [0.1, 0.15) is 0 Å². The zero-order valence-electron chi connectivity index (χ0n) is 19.1. The fraction of sp³-hybridized carbons (Fsp3) is 0.423. The maximum Gasteiger partial charge on any atom is 0.277 e. The van der Waals surface area contributed by atoms with E-state index in [1.807, 2.05) is 68.4 Å². The number of benzodiazepines with no additional fused rings is 1. The summed E-state index contributed by atoms with van der Waals surface area (Å²) >= 11 is 0. The van der Waals surface area contributed by atoms with E-state index in [0.717, 1.165) is 24.0 Å². The van der Waals surface area contributed by atoms with Crippen LogP contribution in [0, 0.1) is 5.92 Å². The molecule has 0 fully saturated rings. The van der Waals surface area contributed by atoms with Crippen LogP contribution >= 0.6 is 0 Å². The van der Waals surface area contributed by atoms with Crippen molar-refractivity contribution in [3.8, 4) is 0 Å². The molecule has 1 aliphatic heterocycles. The minimum absolute atomic E-state index is 0.447. The van der Waals surface area contributed by atoms with Crippen molar-refractivity contribution < 1.29 is 14.7 Å². The van der Waals surface area contributed by atoms with Gasteiger partial charge in [-0.25, -0.2) is 4.99 Å². The summed E-state index contributed by atoms with van der Waals surface area (Å²) in [6.45, 7) is 3.98. The van der Waals surface area contributed by atoms with E-state index in [4.69, 9.17) is 5.73 Å². The number of ketones is 1. The van der Waals surface area contributed by atoms with Crippen molar-refractivity contribution in [2.45, 2.75) is 57.7 Å². The quantitative estimate of drug-likeness (QED) is 0.587. The van der Waals surface area contributed by atoms with Gasteiger partial charge in [0.15, 0.2) is 5.78 Å². The molecule has 3 rings (SSSR count). The number of carbonyl (C=O) groups excluding carboxylic acids is 2. The van der Waals surface area contributed by atoms with Gasteiger partial charge in [-0.05, 0) is 18.9 Å². The van der Waals surface area contributed by atoms with E-state index in [2.05, 4.69) is 4.99 Å². The van der Waals surface area contributed by atoms with Gasteiger partial charge in [0.05, 0.1) is 17.5 Å². The number of amides is 1. The molecule has 6 nitrogen and oxygen atoms in total. The third-order valence-electron chi connectivity index (χ3n) is 6.12. The molecule has 0 aromatic heterocycles. The average molecular weight is 436 g/mol. The Balaban J connectivity index is 2.16. The van der Waals surface area contributed by atoms with E-state index < -0.39 is 29.4 Å². The van der Waals surface area contributed by atoms with Crippen LogP contribution in [0.5, 0.6) is 0 Å². The standard InChI is InChI=1S/C26H33N3O3/c1-4-6-17-22(30)20(12-5-2)24(31)26(27)25(32)29(3)21-16-11-10-15-19(21)23(28-26)18-13-8-7-9-14-18/h7-11,13-16,20,22,30H,4-6,12,17,27H2,1-3H3/t20-,22+,26+/m1/s1. The third kappa shape index (κ3) is 4.52. The van der Waals surface area contributed by atoms with Crippen molar-refractivity contribution in [1.29, 1.82) is 0 Å². The van der Waals surface area contributed by atoms with E-state index >= 15 is 0 Å². The number of benzene rings is 2. The van der Waals surface area contributed by atoms with Crippen molar-refractivity contribution in [3.05, 3.63) is 65.7 Å². The Morgan fingerprint density at radius 3 is 2.38 bits per heavy atom. The van der Waals surface area contributed by atoms with Crippen molar-refractivity contribution in [2.24, 2.45) is 16.6 Å². The molecule has 0 radical (unpaired) electrons. The highest BCUT2D eigenvalue weighted by atomic mass is 16.3. The van der Waals surface area contributed by atoms with E-state index in [1.54, 1.807) is 7.05 Å². The number of anilines is 1. The number of carbonyl (C=O) groups is 2. The molecule has 170 valence electrons. The molecule has 32 heavy (non-hydrogen) atoms. The molecule has 3 N–H and O–H groups in total. The Morgan fingerprint density at radius 2 is 1.72 bits per heavy atom. The summed E-state index contributed by atoms with van der Waals surface area (Å²) in [5.41, 5.74) is 7.11. The third-order valence-corrected chi connectivity index (χ3v) is 6.12. The summed E-state index contributed by atoms with van der Waals surface area (Å²) in [7, 11) is 1.61. The number of nitrogens with zero attached hydrogens (tertiary/aromatic N) is 2. The monoisotopic (exact) mass is 435 g/mol. The first-order valence-electron chi connectivity index (χ1n) is 11.4. The van der Waals surface area contributed by atoms with Crippen LogP contribution in [-0.4, -0.2) is 41.3 Å². The first-order chi connectivity index (χ1) is 15.3. The van der Waals surface area contributed by atoms with Crippen LogP contribution in [0.1, 0.15) is 57.1 Å².